The molecule has 0 unspecified atom stereocenters. The van der Waals surface area contributed by atoms with Crippen LogP contribution >= 0.6 is 0 Å². The monoisotopic (exact) mass is 236 g/mol. The molecule has 90 valence electrons. The van der Waals surface area contributed by atoms with E-state index in [-0.39, 0.29) is 0 Å². The third-order valence-electron chi connectivity index (χ3n) is 3.62. The number of aromatic nitrogens is 1. The van der Waals surface area contributed by atoms with Gasteiger partial charge in [-0.1, -0.05) is 0 Å². The van der Waals surface area contributed by atoms with E-state index >= 15 is 0 Å². The molecule has 1 heterocycles. The van der Waals surface area contributed by atoms with Crippen LogP contribution in [-0.2, 0) is 12.8 Å². The van der Waals surface area contributed by atoms with Crippen LogP contribution in [-0.4, -0.2) is 18.1 Å². The summed E-state index contributed by atoms with van der Waals surface area (Å²) < 4.78 is 26.9. The van der Waals surface area contributed by atoms with E-state index in [4.69, 9.17) is 0 Å². The Morgan fingerprint density at radius 3 is 2.94 bits per heavy atom. The lowest BCUT2D eigenvalue weighted by Crippen LogP contribution is -2.31. The average molecular weight is 236 g/mol. The predicted molar refractivity (Wildman–Crippen MR) is 63.1 cm³/mol. The van der Waals surface area contributed by atoms with Gasteiger partial charge < -0.3 is 10.3 Å². The minimum atomic E-state index is -0.511. The van der Waals surface area contributed by atoms with E-state index in [2.05, 4.69) is 10.3 Å². The van der Waals surface area contributed by atoms with Gasteiger partial charge in [-0.05, 0) is 37.9 Å². The van der Waals surface area contributed by atoms with Gasteiger partial charge in [0.25, 0.3) is 0 Å². The predicted octanol–water partition coefficient (Wildman–Crippen LogP) is 2.52. The van der Waals surface area contributed by atoms with Gasteiger partial charge in [-0.2, -0.15) is 0 Å². The van der Waals surface area contributed by atoms with Crippen LogP contribution in [0.2, 0.25) is 0 Å². The molecule has 17 heavy (non-hydrogen) atoms. The molecule has 0 saturated carbocycles. The molecule has 0 bridgehead atoms. The molecule has 3 rings (SSSR count). The second-order valence-electron chi connectivity index (χ2n) is 4.62. The average Bonchev–Trinajstić information content (AvgIpc) is 2.67. The number of hydrogen-bond donors (Lipinski definition) is 2. The molecule has 0 amide bonds. The Kier molecular flexibility index (Phi) is 2.40. The molecule has 0 saturated heterocycles. The summed E-state index contributed by atoms with van der Waals surface area (Å²) in [5, 5.41) is 3.92. The molecule has 0 aliphatic heterocycles. The molecule has 1 atom stereocenters. The van der Waals surface area contributed by atoms with Gasteiger partial charge in [0, 0.05) is 23.2 Å². The zero-order chi connectivity index (χ0) is 12.0. The first kappa shape index (κ1) is 10.7. The largest absolute Gasteiger partial charge is 0.356 e. The first-order valence-electron chi connectivity index (χ1n) is 5.84. The van der Waals surface area contributed by atoms with Crippen LogP contribution in [0.15, 0.2) is 12.1 Å². The molecule has 2 N–H and O–H groups in total. The van der Waals surface area contributed by atoms with Gasteiger partial charge in [-0.25, -0.2) is 8.78 Å². The number of likely N-dealkylation sites (N-methyl/N-ethyl adjacent to an activating group) is 1. The van der Waals surface area contributed by atoms with E-state index in [9.17, 15) is 8.78 Å². The number of H-pyrrole nitrogens is 1. The molecule has 1 aromatic heterocycles. The zero-order valence-electron chi connectivity index (χ0n) is 9.61. The molecule has 1 aliphatic rings. The van der Waals surface area contributed by atoms with Gasteiger partial charge >= 0.3 is 0 Å². The third kappa shape index (κ3) is 1.63. The quantitative estimate of drug-likeness (QED) is 0.782. The highest BCUT2D eigenvalue weighted by Crippen LogP contribution is 2.31. The van der Waals surface area contributed by atoms with Gasteiger partial charge in [0.15, 0.2) is 0 Å². The minimum Gasteiger partial charge on any atom is -0.356 e. The van der Waals surface area contributed by atoms with Gasteiger partial charge in [0.1, 0.15) is 11.6 Å². The van der Waals surface area contributed by atoms with Crippen molar-refractivity contribution in [3.63, 3.8) is 0 Å². The van der Waals surface area contributed by atoms with E-state index in [1.54, 1.807) is 0 Å². The number of aromatic amines is 1. The highest BCUT2D eigenvalue weighted by Gasteiger charge is 2.22. The number of hydrogen-bond acceptors (Lipinski definition) is 1. The van der Waals surface area contributed by atoms with Crippen LogP contribution < -0.4 is 5.32 Å². The highest BCUT2D eigenvalue weighted by molar-refractivity contribution is 5.85. The smallest absolute Gasteiger partial charge is 0.150 e. The molecule has 2 aromatic rings. The van der Waals surface area contributed by atoms with E-state index in [0.29, 0.717) is 16.9 Å². The SMILES string of the molecule is CN[C@@H]1CCc2[nH]c3c(F)cc(F)cc3c2C1. The molecule has 4 heteroatoms. The Morgan fingerprint density at radius 1 is 1.35 bits per heavy atom. The zero-order valence-corrected chi connectivity index (χ0v) is 9.61. The topological polar surface area (TPSA) is 27.8 Å². The van der Waals surface area contributed by atoms with Crippen molar-refractivity contribution in [2.45, 2.75) is 25.3 Å². The Labute approximate surface area is 98.0 Å². The van der Waals surface area contributed by atoms with Crippen LogP contribution in [0.25, 0.3) is 10.9 Å². The summed E-state index contributed by atoms with van der Waals surface area (Å²) in [6, 6.07) is 2.75. The number of rotatable bonds is 1. The maximum Gasteiger partial charge on any atom is 0.150 e. The van der Waals surface area contributed by atoms with Gasteiger partial charge in [0.2, 0.25) is 0 Å². The minimum absolute atomic E-state index is 0.396. The van der Waals surface area contributed by atoms with Crippen molar-refractivity contribution in [3.05, 3.63) is 35.0 Å². The summed E-state index contributed by atoms with van der Waals surface area (Å²) in [6.07, 6.45) is 2.74. The van der Waals surface area contributed by atoms with E-state index < -0.39 is 11.6 Å². The van der Waals surface area contributed by atoms with Gasteiger partial charge in [-0.3, -0.25) is 0 Å². The summed E-state index contributed by atoms with van der Waals surface area (Å²) >= 11 is 0. The normalized spacial score (nSPS) is 19.6. The van der Waals surface area contributed by atoms with Crippen LogP contribution in [0, 0.1) is 11.6 Å². The molecule has 1 aliphatic carbocycles. The van der Waals surface area contributed by atoms with Crippen molar-refractivity contribution < 1.29 is 8.78 Å². The summed E-state index contributed by atoms with van der Waals surface area (Å²) in [5.74, 6) is -1.02. The number of nitrogens with one attached hydrogen (secondary N) is 2. The van der Waals surface area contributed by atoms with Crippen molar-refractivity contribution in [3.8, 4) is 0 Å². The Bertz CT molecular complexity index is 574. The molecule has 0 radical (unpaired) electrons. The Balaban J connectivity index is 2.20. The molecule has 0 spiro atoms. The fourth-order valence-corrected chi connectivity index (χ4v) is 2.69. The lowest BCUT2D eigenvalue weighted by atomic mass is 9.91. The fraction of sp³-hybridized carbons (Fsp3) is 0.385. The van der Waals surface area contributed by atoms with Gasteiger partial charge in [0.05, 0.1) is 5.52 Å². The first-order valence-corrected chi connectivity index (χ1v) is 5.84. The third-order valence-corrected chi connectivity index (χ3v) is 3.62. The second kappa shape index (κ2) is 3.81. The summed E-state index contributed by atoms with van der Waals surface area (Å²) in [7, 11) is 1.92. The number of aryl methyl sites for hydroxylation is 1. The summed E-state index contributed by atoms with van der Waals surface area (Å²) in [4.78, 5) is 3.09. The maximum atomic E-state index is 13.6. The van der Waals surface area contributed by atoms with Crippen molar-refractivity contribution in [2.24, 2.45) is 0 Å². The van der Waals surface area contributed by atoms with Crippen molar-refractivity contribution in [1.29, 1.82) is 0 Å². The fourth-order valence-electron chi connectivity index (χ4n) is 2.69. The summed E-state index contributed by atoms with van der Waals surface area (Å²) in [6.45, 7) is 0. The Hall–Kier alpha value is -1.42. The number of halogens is 2. The van der Waals surface area contributed by atoms with Crippen LogP contribution in [0.1, 0.15) is 17.7 Å². The van der Waals surface area contributed by atoms with E-state index in [0.717, 1.165) is 36.6 Å². The molecular formula is C13H14F2N2. The second-order valence-corrected chi connectivity index (χ2v) is 4.62. The number of fused-ring (bicyclic) bond motifs is 3. The van der Waals surface area contributed by atoms with Crippen LogP contribution in [0.5, 0.6) is 0 Å². The van der Waals surface area contributed by atoms with Crippen molar-refractivity contribution in [1.82, 2.24) is 10.3 Å². The molecular weight excluding hydrogens is 222 g/mol. The van der Waals surface area contributed by atoms with Crippen LogP contribution in [0.4, 0.5) is 8.78 Å². The van der Waals surface area contributed by atoms with Gasteiger partial charge in [-0.15, -0.1) is 0 Å². The number of benzene rings is 1. The maximum absolute atomic E-state index is 13.6. The van der Waals surface area contributed by atoms with Crippen molar-refractivity contribution >= 4 is 10.9 Å². The molecule has 2 nitrogen and oxygen atoms in total. The van der Waals surface area contributed by atoms with Crippen molar-refractivity contribution in [2.75, 3.05) is 7.05 Å². The highest BCUT2D eigenvalue weighted by atomic mass is 19.1. The lowest BCUT2D eigenvalue weighted by Gasteiger charge is -2.21. The molecule has 0 fully saturated rings. The Morgan fingerprint density at radius 2 is 2.18 bits per heavy atom. The lowest BCUT2D eigenvalue weighted by molar-refractivity contribution is 0.495. The van der Waals surface area contributed by atoms with Crippen LogP contribution in [0.3, 0.4) is 0 Å². The molecule has 1 aromatic carbocycles. The first-order chi connectivity index (χ1) is 8.19. The van der Waals surface area contributed by atoms with E-state index in [1.807, 2.05) is 7.05 Å². The summed E-state index contributed by atoms with van der Waals surface area (Å²) in [5.41, 5.74) is 2.55. The van der Waals surface area contributed by atoms with E-state index in [1.165, 1.54) is 6.07 Å². The standard InChI is InChI=1S/C13H14F2N2/c1-16-8-2-3-12-9(6-8)10-4-7(14)5-11(15)13(10)17-12/h4-5,8,16-17H,2-3,6H2,1H3/t8-/m1/s1.